The predicted molar refractivity (Wildman–Crippen MR) is 97.3 cm³/mol. The SMILES string of the molecule is CC(=O)NCCNC(=O)N1CCC2(CC1)C[C@H]2N(C)Cc1nccs1. The molecule has 1 aromatic heterocycles. The van der Waals surface area contributed by atoms with Crippen molar-refractivity contribution in [1.82, 2.24) is 25.4 Å². The first-order valence-corrected chi connectivity index (χ1v) is 9.74. The summed E-state index contributed by atoms with van der Waals surface area (Å²) in [5.74, 6) is -0.0733. The number of thiazole rings is 1. The second-order valence-corrected chi connectivity index (χ2v) is 8.10. The van der Waals surface area contributed by atoms with E-state index in [1.165, 1.54) is 18.4 Å². The molecular formula is C17H27N5O2S. The van der Waals surface area contributed by atoms with Crippen LogP contribution in [0.3, 0.4) is 0 Å². The molecule has 1 saturated carbocycles. The van der Waals surface area contributed by atoms with E-state index in [2.05, 4.69) is 27.6 Å². The van der Waals surface area contributed by atoms with Gasteiger partial charge in [0.15, 0.2) is 0 Å². The minimum atomic E-state index is -0.0733. The number of carbonyl (C=O) groups excluding carboxylic acids is 2. The molecule has 1 aliphatic carbocycles. The summed E-state index contributed by atoms with van der Waals surface area (Å²) in [4.78, 5) is 31.7. The molecule has 1 saturated heterocycles. The van der Waals surface area contributed by atoms with E-state index in [0.29, 0.717) is 24.5 Å². The van der Waals surface area contributed by atoms with E-state index in [1.807, 2.05) is 16.5 Å². The first-order chi connectivity index (χ1) is 12.0. The van der Waals surface area contributed by atoms with Gasteiger partial charge in [0.25, 0.3) is 0 Å². The van der Waals surface area contributed by atoms with E-state index < -0.39 is 0 Å². The number of hydrogen-bond acceptors (Lipinski definition) is 5. The lowest BCUT2D eigenvalue weighted by Gasteiger charge is -2.34. The number of amides is 3. The number of nitrogens with zero attached hydrogens (tertiary/aromatic N) is 3. The van der Waals surface area contributed by atoms with Gasteiger partial charge in [-0.15, -0.1) is 11.3 Å². The Bertz CT molecular complexity index is 598. The average molecular weight is 366 g/mol. The second kappa shape index (κ2) is 7.70. The fraction of sp³-hybridized carbons (Fsp3) is 0.706. The molecular weight excluding hydrogens is 338 g/mol. The molecule has 2 fully saturated rings. The van der Waals surface area contributed by atoms with Crippen LogP contribution in [0, 0.1) is 5.41 Å². The molecule has 0 unspecified atom stereocenters. The van der Waals surface area contributed by atoms with Crippen LogP contribution in [0.5, 0.6) is 0 Å². The fourth-order valence-corrected chi connectivity index (χ4v) is 4.50. The lowest BCUT2D eigenvalue weighted by molar-refractivity contribution is -0.118. The van der Waals surface area contributed by atoms with Crippen molar-refractivity contribution < 1.29 is 9.59 Å². The zero-order chi connectivity index (χ0) is 17.9. The summed E-state index contributed by atoms with van der Waals surface area (Å²) in [7, 11) is 2.18. The van der Waals surface area contributed by atoms with Crippen molar-refractivity contribution in [2.45, 2.75) is 38.8 Å². The number of nitrogens with one attached hydrogen (secondary N) is 2. The van der Waals surface area contributed by atoms with Crippen LogP contribution in [0.1, 0.15) is 31.2 Å². The maximum Gasteiger partial charge on any atom is 0.317 e. The summed E-state index contributed by atoms with van der Waals surface area (Å²) < 4.78 is 0. The number of likely N-dealkylation sites (tertiary alicyclic amines) is 1. The molecule has 25 heavy (non-hydrogen) atoms. The Morgan fingerprint density at radius 1 is 1.36 bits per heavy atom. The highest BCUT2D eigenvalue weighted by atomic mass is 32.1. The molecule has 1 aliphatic heterocycles. The van der Waals surface area contributed by atoms with Crippen LogP contribution in [0.2, 0.25) is 0 Å². The Hall–Kier alpha value is -1.67. The van der Waals surface area contributed by atoms with Crippen LogP contribution in [0.25, 0.3) is 0 Å². The molecule has 2 N–H and O–H groups in total. The van der Waals surface area contributed by atoms with E-state index in [4.69, 9.17) is 0 Å². The molecule has 7 nitrogen and oxygen atoms in total. The van der Waals surface area contributed by atoms with Gasteiger partial charge in [0, 0.05) is 50.7 Å². The molecule has 2 heterocycles. The van der Waals surface area contributed by atoms with Crippen molar-refractivity contribution in [1.29, 1.82) is 0 Å². The highest BCUT2D eigenvalue weighted by Crippen LogP contribution is 2.56. The lowest BCUT2D eigenvalue weighted by Crippen LogP contribution is -2.47. The summed E-state index contributed by atoms with van der Waals surface area (Å²) in [6.45, 7) is 4.96. The Morgan fingerprint density at radius 3 is 2.72 bits per heavy atom. The first kappa shape index (κ1) is 18.1. The number of carbonyl (C=O) groups is 2. The van der Waals surface area contributed by atoms with E-state index in [0.717, 1.165) is 32.5 Å². The monoisotopic (exact) mass is 365 g/mol. The van der Waals surface area contributed by atoms with Crippen molar-refractivity contribution in [2.24, 2.45) is 5.41 Å². The van der Waals surface area contributed by atoms with Gasteiger partial charge in [0.2, 0.25) is 5.91 Å². The van der Waals surface area contributed by atoms with Gasteiger partial charge >= 0.3 is 6.03 Å². The minimum absolute atomic E-state index is 0.0199. The normalized spacial score (nSPS) is 21.4. The maximum atomic E-state index is 12.2. The third-order valence-corrected chi connectivity index (χ3v) is 6.13. The van der Waals surface area contributed by atoms with Gasteiger partial charge in [-0.3, -0.25) is 9.69 Å². The lowest BCUT2D eigenvalue weighted by atomic mass is 9.92. The second-order valence-electron chi connectivity index (χ2n) is 7.13. The number of aromatic nitrogens is 1. The van der Waals surface area contributed by atoms with E-state index in [9.17, 15) is 9.59 Å². The summed E-state index contributed by atoms with van der Waals surface area (Å²) >= 11 is 1.71. The number of rotatable bonds is 6. The third kappa shape index (κ3) is 4.49. The number of hydrogen-bond donors (Lipinski definition) is 2. The van der Waals surface area contributed by atoms with Crippen LogP contribution in [-0.4, -0.2) is 66.0 Å². The van der Waals surface area contributed by atoms with Crippen LogP contribution in [-0.2, 0) is 11.3 Å². The molecule has 2 aliphatic rings. The molecule has 8 heteroatoms. The number of urea groups is 1. The van der Waals surface area contributed by atoms with Gasteiger partial charge in [-0.05, 0) is 31.7 Å². The van der Waals surface area contributed by atoms with Crippen molar-refractivity contribution in [2.75, 3.05) is 33.2 Å². The van der Waals surface area contributed by atoms with E-state index in [-0.39, 0.29) is 11.9 Å². The zero-order valence-electron chi connectivity index (χ0n) is 15.0. The van der Waals surface area contributed by atoms with Crippen LogP contribution < -0.4 is 10.6 Å². The predicted octanol–water partition coefficient (Wildman–Crippen LogP) is 1.28. The number of piperidine rings is 1. The van der Waals surface area contributed by atoms with E-state index in [1.54, 1.807) is 11.3 Å². The summed E-state index contributed by atoms with van der Waals surface area (Å²) in [5.41, 5.74) is 0.388. The summed E-state index contributed by atoms with van der Waals surface area (Å²) in [5, 5.41) is 8.75. The Kier molecular flexibility index (Phi) is 5.58. The summed E-state index contributed by atoms with van der Waals surface area (Å²) in [6, 6.07) is 0.593. The Balaban J connectivity index is 1.39. The molecule has 0 aromatic carbocycles. The largest absolute Gasteiger partial charge is 0.355 e. The third-order valence-electron chi connectivity index (χ3n) is 5.37. The van der Waals surface area contributed by atoms with Gasteiger partial charge < -0.3 is 15.5 Å². The topological polar surface area (TPSA) is 77.6 Å². The van der Waals surface area contributed by atoms with Crippen LogP contribution in [0.4, 0.5) is 4.79 Å². The standard InChI is InChI=1S/C17H27N5O2S/c1-13(23)18-5-6-20-16(24)22-8-3-17(4-9-22)11-14(17)21(2)12-15-19-7-10-25-15/h7,10,14H,3-6,8-9,11-12H2,1-2H3,(H,18,23)(H,20,24)/t14-/m1/s1. The molecule has 0 radical (unpaired) electrons. The molecule has 1 atom stereocenters. The minimum Gasteiger partial charge on any atom is -0.355 e. The average Bonchev–Trinajstić information content (AvgIpc) is 3.03. The first-order valence-electron chi connectivity index (χ1n) is 8.86. The fourth-order valence-electron chi connectivity index (χ4n) is 3.82. The Labute approximate surface area is 152 Å². The van der Waals surface area contributed by atoms with Gasteiger partial charge in [-0.2, -0.15) is 0 Å². The van der Waals surface area contributed by atoms with E-state index >= 15 is 0 Å². The quantitative estimate of drug-likeness (QED) is 0.745. The molecule has 0 bridgehead atoms. The molecule has 1 spiro atoms. The molecule has 3 amide bonds. The van der Waals surface area contributed by atoms with Gasteiger partial charge in [0.1, 0.15) is 5.01 Å². The van der Waals surface area contributed by atoms with Crippen molar-refractivity contribution >= 4 is 23.3 Å². The zero-order valence-corrected chi connectivity index (χ0v) is 15.8. The Morgan fingerprint density at radius 2 is 2.08 bits per heavy atom. The highest BCUT2D eigenvalue weighted by Gasteiger charge is 2.56. The molecule has 1 aromatic rings. The van der Waals surface area contributed by atoms with Gasteiger partial charge in [0.05, 0.1) is 6.54 Å². The van der Waals surface area contributed by atoms with Gasteiger partial charge in [-0.1, -0.05) is 0 Å². The molecule has 3 rings (SSSR count). The maximum absolute atomic E-state index is 12.2. The highest BCUT2D eigenvalue weighted by molar-refractivity contribution is 7.09. The van der Waals surface area contributed by atoms with Crippen LogP contribution >= 0.6 is 11.3 Å². The summed E-state index contributed by atoms with van der Waals surface area (Å²) in [6.07, 6.45) is 5.23. The van der Waals surface area contributed by atoms with Crippen molar-refractivity contribution in [3.63, 3.8) is 0 Å². The van der Waals surface area contributed by atoms with Crippen molar-refractivity contribution in [3.05, 3.63) is 16.6 Å². The van der Waals surface area contributed by atoms with Crippen LogP contribution in [0.15, 0.2) is 11.6 Å². The smallest absolute Gasteiger partial charge is 0.317 e. The molecule has 138 valence electrons. The van der Waals surface area contributed by atoms with Crippen molar-refractivity contribution in [3.8, 4) is 0 Å². The van der Waals surface area contributed by atoms with Gasteiger partial charge in [-0.25, -0.2) is 9.78 Å².